The molecular weight excluding hydrogens is 363 g/mol. The zero-order valence-corrected chi connectivity index (χ0v) is 13.9. The molecule has 2 aliphatic rings. The van der Waals surface area contributed by atoms with Crippen LogP contribution in [-0.4, -0.2) is 23.2 Å². The summed E-state index contributed by atoms with van der Waals surface area (Å²) in [5, 5.41) is 3.45. The van der Waals surface area contributed by atoms with Crippen LogP contribution in [0.2, 0.25) is 0 Å². The normalized spacial score (nSPS) is 21.9. The lowest BCUT2D eigenvalue weighted by atomic mass is 9.70. The molecule has 1 atom stereocenters. The summed E-state index contributed by atoms with van der Waals surface area (Å²) in [6.45, 7) is 1.30. The monoisotopic (exact) mass is 378 g/mol. The van der Waals surface area contributed by atoms with Gasteiger partial charge in [-0.1, -0.05) is 22.0 Å². The van der Waals surface area contributed by atoms with Crippen LogP contribution in [0.15, 0.2) is 28.9 Å². The average molecular weight is 379 g/mol. The summed E-state index contributed by atoms with van der Waals surface area (Å²) in [4.78, 5) is 7.93. The highest BCUT2D eigenvalue weighted by molar-refractivity contribution is 9.10. The molecule has 0 radical (unpaired) electrons. The topological polar surface area (TPSA) is 73.1 Å². The summed E-state index contributed by atoms with van der Waals surface area (Å²) in [7, 11) is 0. The highest BCUT2D eigenvalue weighted by Crippen LogP contribution is 2.54. The second kappa shape index (κ2) is 5.42. The molecule has 5 nitrogen and oxygen atoms in total. The van der Waals surface area contributed by atoms with Crippen LogP contribution >= 0.6 is 15.9 Å². The van der Waals surface area contributed by atoms with Crippen molar-refractivity contribution in [1.29, 1.82) is 0 Å². The lowest BCUT2D eigenvalue weighted by Crippen LogP contribution is -2.39. The Morgan fingerprint density at radius 2 is 2.13 bits per heavy atom. The van der Waals surface area contributed by atoms with Crippen molar-refractivity contribution in [1.82, 2.24) is 9.97 Å². The Bertz CT molecular complexity index is 764. The number of nitrogen functional groups attached to an aromatic ring is 1. The van der Waals surface area contributed by atoms with E-state index < -0.39 is 5.82 Å². The maximum Gasteiger partial charge on any atom is 0.220 e. The van der Waals surface area contributed by atoms with Gasteiger partial charge in [-0.25, -0.2) is 14.4 Å². The number of benzene rings is 1. The van der Waals surface area contributed by atoms with Gasteiger partial charge in [0.05, 0.1) is 12.2 Å². The Morgan fingerprint density at radius 3 is 2.91 bits per heavy atom. The minimum Gasteiger partial charge on any atom is -0.381 e. The molecule has 120 valence electrons. The third-order valence-electron chi connectivity index (χ3n) is 4.82. The van der Waals surface area contributed by atoms with Crippen LogP contribution in [0, 0.1) is 5.82 Å². The van der Waals surface area contributed by atoms with E-state index in [4.69, 9.17) is 10.5 Å². The Hall–Kier alpha value is -1.73. The minimum atomic E-state index is -0.436. The van der Waals surface area contributed by atoms with Crippen molar-refractivity contribution in [2.75, 3.05) is 24.3 Å². The molecule has 1 saturated heterocycles. The number of aromatic nitrogens is 2. The molecule has 0 amide bonds. The van der Waals surface area contributed by atoms with Gasteiger partial charge in [0, 0.05) is 28.8 Å². The molecule has 0 aliphatic carbocycles. The lowest BCUT2D eigenvalue weighted by Gasteiger charge is -2.38. The smallest absolute Gasteiger partial charge is 0.220 e. The van der Waals surface area contributed by atoms with Gasteiger partial charge in [-0.15, -0.1) is 0 Å². The fourth-order valence-electron chi connectivity index (χ4n) is 3.74. The Labute approximate surface area is 141 Å². The quantitative estimate of drug-likeness (QED) is 0.796. The molecule has 1 fully saturated rings. The minimum absolute atomic E-state index is 0.0857. The standard InChI is InChI=1S/C16H16BrFN4O/c17-9-1-2-10-12(7-9)21-14(16(10)3-5-23-6-4-16)13-11(18)8-20-15(19)22-13/h1-2,7-8,14,21H,3-6H2,(H2,19,20,22). The first-order valence-corrected chi connectivity index (χ1v) is 8.32. The van der Waals surface area contributed by atoms with Crippen molar-refractivity contribution < 1.29 is 9.13 Å². The number of nitrogens with zero attached hydrogens (tertiary/aromatic N) is 2. The van der Waals surface area contributed by atoms with Crippen molar-refractivity contribution in [3.63, 3.8) is 0 Å². The van der Waals surface area contributed by atoms with Gasteiger partial charge in [0.25, 0.3) is 0 Å². The maximum atomic E-state index is 14.4. The molecule has 7 heteroatoms. The predicted molar refractivity (Wildman–Crippen MR) is 88.6 cm³/mol. The van der Waals surface area contributed by atoms with E-state index >= 15 is 0 Å². The fourth-order valence-corrected chi connectivity index (χ4v) is 4.10. The molecule has 3 N–H and O–H groups in total. The van der Waals surface area contributed by atoms with Crippen LogP contribution in [0.1, 0.15) is 30.1 Å². The van der Waals surface area contributed by atoms with E-state index in [1.54, 1.807) is 0 Å². The third kappa shape index (κ3) is 2.30. The second-order valence-corrected chi connectivity index (χ2v) is 6.91. The molecule has 23 heavy (non-hydrogen) atoms. The van der Waals surface area contributed by atoms with Gasteiger partial charge in [-0.3, -0.25) is 0 Å². The highest BCUT2D eigenvalue weighted by atomic mass is 79.9. The van der Waals surface area contributed by atoms with E-state index in [2.05, 4.69) is 37.3 Å². The first kappa shape index (κ1) is 14.8. The zero-order chi connectivity index (χ0) is 16.0. The molecule has 1 aromatic heterocycles. The summed E-state index contributed by atoms with van der Waals surface area (Å²) in [6, 6.07) is 5.86. The first-order valence-electron chi connectivity index (χ1n) is 7.52. The number of halogens is 2. The van der Waals surface area contributed by atoms with Crippen molar-refractivity contribution in [3.8, 4) is 0 Å². The summed E-state index contributed by atoms with van der Waals surface area (Å²) in [5.41, 5.74) is 7.97. The summed E-state index contributed by atoms with van der Waals surface area (Å²) < 4.78 is 20.9. The van der Waals surface area contributed by atoms with E-state index in [1.165, 1.54) is 5.56 Å². The Kier molecular flexibility index (Phi) is 3.50. The van der Waals surface area contributed by atoms with E-state index in [0.29, 0.717) is 18.9 Å². The zero-order valence-electron chi connectivity index (χ0n) is 12.4. The summed E-state index contributed by atoms with van der Waals surface area (Å²) in [6.07, 6.45) is 2.76. The third-order valence-corrected chi connectivity index (χ3v) is 5.31. The van der Waals surface area contributed by atoms with Gasteiger partial charge >= 0.3 is 0 Å². The number of nitrogens with two attached hydrogens (primary N) is 1. The Balaban J connectivity index is 1.88. The molecule has 0 saturated carbocycles. The van der Waals surface area contributed by atoms with E-state index in [1.807, 2.05) is 12.1 Å². The molecule has 2 aliphatic heterocycles. The predicted octanol–water partition coefficient (Wildman–Crippen LogP) is 3.18. The number of nitrogens with one attached hydrogen (secondary N) is 1. The Morgan fingerprint density at radius 1 is 1.35 bits per heavy atom. The van der Waals surface area contributed by atoms with Crippen LogP contribution in [0.5, 0.6) is 0 Å². The summed E-state index contributed by atoms with van der Waals surface area (Å²) in [5.74, 6) is -0.350. The maximum absolute atomic E-state index is 14.4. The van der Waals surface area contributed by atoms with Gasteiger partial charge in [0.2, 0.25) is 5.95 Å². The molecule has 1 aromatic carbocycles. The molecule has 1 spiro atoms. The van der Waals surface area contributed by atoms with Crippen molar-refractivity contribution in [2.24, 2.45) is 0 Å². The van der Waals surface area contributed by atoms with Gasteiger partial charge in [0.15, 0.2) is 5.82 Å². The van der Waals surface area contributed by atoms with Crippen molar-refractivity contribution >= 4 is 27.6 Å². The number of anilines is 2. The van der Waals surface area contributed by atoms with Crippen LogP contribution < -0.4 is 11.1 Å². The van der Waals surface area contributed by atoms with E-state index in [0.717, 1.165) is 29.2 Å². The highest BCUT2D eigenvalue weighted by Gasteiger charge is 2.50. The van der Waals surface area contributed by atoms with Gasteiger partial charge in [0.1, 0.15) is 5.69 Å². The largest absolute Gasteiger partial charge is 0.381 e. The lowest BCUT2D eigenvalue weighted by molar-refractivity contribution is 0.0449. The molecule has 4 rings (SSSR count). The van der Waals surface area contributed by atoms with E-state index in [-0.39, 0.29) is 17.4 Å². The molecule has 3 heterocycles. The number of fused-ring (bicyclic) bond motifs is 2. The molecule has 0 bridgehead atoms. The van der Waals surface area contributed by atoms with Crippen LogP contribution in [0.4, 0.5) is 16.0 Å². The second-order valence-electron chi connectivity index (χ2n) is 6.00. The van der Waals surface area contributed by atoms with Crippen molar-refractivity contribution in [2.45, 2.75) is 24.3 Å². The van der Waals surface area contributed by atoms with Crippen LogP contribution in [0.25, 0.3) is 0 Å². The first-order chi connectivity index (χ1) is 11.1. The van der Waals surface area contributed by atoms with Gasteiger partial charge < -0.3 is 15.8 Å². The molecular formula is C16H16BrFN4O. The number of ether oxygens (including phenoxy) is 1. The molecule has 2 aromatic rings. The van der Waals surface area contributed by atoms with Crippen LogP contribution in [-0.2, 0) is 10.2 Å². The average Bonchev–Trinajstić information content (AvgIpc) is 2.84. The van der Waals surface area contributed by atoms with Crippen LogP contribution in [0.3, 0.4) is 0 Å². The van der Waals surface area contributed by atoms with Gasteiger partial charge in [-0.2, -0.15) is 0 Å². The number of hydrogen-bond donors (Lipinski definition) is 2. The number of rotatable bonds is 1. The SMILES string of the molecule is Nc1ncc(F)c(C2Nc3cc(Br)ccc3C23CCOCC3)n1. The summed E-state index contributed by atoms with van der Waals surface area (Å²) >= 11 is 3.50. The van der Waals surface area contributed by atoms with E-state index in [9.17, 15) is 4.39 Å². The molecule has 1 unspecified atom stereocenters. The van der Waals surface area contributed by atoms with Gasteiger partial charge in [-0.05, 0) is 30.5 Å². The fraction of sp³-hybridized carbons (Fsp3) is 0.375. The number of hydrogen-bond acceptors (Lipinski definition) is 5. The van der Waals surface area contributed by atoms with Crippen molar-refractivity contribution in [3.05, 3.63) is 45.9 Å².